The van der Waals surface area contributed by atoms with Crippen LogP contribution in [0.2, 0.25) is 0 Å². The summed E-state index contributed by atoms with van der Waals surface area (Å²) in [5.74, 6) is 0. The number of hydrogen-bond acceptors (Lipinski definition) is 0. The van der Waals surface area contributed by atoms with Gasteiger partial charge in [0.2, 0.25) is 0 Å². The largest absolute Gasteiger partial charge is 2.00 e. The van der Waals surface area contributed by atoms with Gasteiger partial charge in [0, 0.05) is 0 Å². The van der Waals surface area contributed by atoms with Crippen molar-refractivity contribution in [2.75, 3.05) is 0 Å². The normalized spacial score (nSPS) is 1.60. The third-order valence-electron chi connectivity index (χ3n) is 0. The molecule has 0 heterocycles. The van der Waals surface area contributed by atoms with Gasteiger partial charge < -0.3 is 0 Å². The Morgan fingerprint density at radius 3 is 0.500 bits per heavy atom. The van der Waals surface area contributed by atoms with Crippen molar-refractivity contribution in [3.8, 4) is 0 Å². The van der Waals surface area contributed by atoms with Crippen molar-refractivity contribution < 1.29 is 27.3 Å². The quantitative estimate of drug-likeness (QED) is 0.218. The molecule has 50 valence electrons. The van der Waals surface area contributed by atoms with Crippen molar-refractivity contribution >= 4 is 132 Å². The molecular formula is H4As8CdGe. The molecule has 0 aliphatic rings. The second kappa shape index (κ2) is 82.4. The summed E-state index contributed by atoms with van der Waals surface area (Å²) in [7, 11) is 0. The Morgan fingerprint density at radius 2 is 0.500 bits per heavy atom. The molecular weight excluding hydrogens is 784 g/mol. The molecule has 0 aromatic carbocycles. The molecule has 0 aliphatic carbocycles. The predicted molar refractivity (Wildman–Crippen MR) is 57.4 cm³/mol. The van der Waals surface area contributed by atoms with Crippen LogP contribution in [0.3, 0.4) is 0 Å². The molecule has 0 bridgehead atoms. The van der Waals surface area contributed by atoms with Crippen molar-refractivity contribution in [2.45, 2.75) is 0 Å². The van der Waals surface area contributed by atoms with Crippen molar-refractivity contribution in [1.29, 1.82) is 0 Å². The van der Waals surface area contributed by atoms with Crippen molar-refractivity contribution in [3.63, 3.8) is 0 Å². The van der Waals surface area contributed by atoms with Crippen molar-refractivity contribution in [2.24, 2.45) is 0 Å². The Bertz CT molecular complexity index is 17.2. The SMILES string of the molecule is [As-]=[AsH].[As-]=[AsH].[As-]=[AsH].[As-]=[AsH].[Cd+2].[Ge+2]. The Balaban J connectivity index is -0.00000000500. The molecule has 0 unspecified atom stereocenters. The van der Waals surface area contributed by atoms with Crippen molar-refractivity contribution in [1.82, 2.24) is 0 Å². The van der Waals surface area contributed by atoms with E-state index in [9.17, 15) is 0 Å². The van der Waals surface area contributed by atoms with E-state index in [1.54, 1.807) is 0 Å². The molecule has 0 amide bonds. The second-order valence-corrected chi connectivity index (χ2v) is 0. The summed E-state index contributed by atoms with van der Waals surface area (Å²) in [6, 6.07) is 0. The molecule has 10 heavy (non-hydrogen) atoms. The van der Waals surface area contributed by atoms with Gasteiger partial charge >= 0.3 is 159 Å². The van der Waals surface area contributed by atoms with Crippen LogP contribution < -0.4 is 0 Å². The van der Waals surface area contributed by atoms with Crippen LogP contribution in [0.4, 0.5) is 0 Å². The minimum atomic E-state index is 0. The van der Waals surface area contributed by atoms with Gasteiger partial charge in [0.15, 0.2) is 0 Å². The topological polar surface area (TPSA) is 0 Å². The van der Waals surface area contributed by atoms with Crippen LogP contribution in [-0.4, -0.2) is 132 Å². The predicted octanol–water partition coefficient (Wildman–Crippen LogP) is -4.50. The molecule has 0 aliphatic heterocycles. The molecule has 0 fully saturated rings. The molecule has 0 aromatic heterocycles. The zero-order valence-corrected chi connectivity index (χ0v) is 27.0. The van der Waals surface area contributed by atoms with Gasteiger partial charge in [-0.1, -0.05) is 0 Å². The van der Waals surface area contributed by atoms with Gasteiger partial charge in [-0.3, -0.25) is 0 Å². The van der Waals surface area contributed by atoms with Gasteiger partial charge in [-0.2, -0.15) is 0 Å². The summed E-state index contributed by atoms with van der Waals surface area (Å²) < 4.78 is 0. The number of rotatable bonds is 0. The fourth-order valence-electron chi connectivity index (χ4n) is 0. The summed E-state index contributed by atoms with van der Waals surface area (Å²) in [6.45, 7) is 0. The molecule has 0 nitrogen and oxygen atoms in total. The van der Waals surface area contributed by atoms with Crippen LogP contribution in [-0.2, 0) is 27.3 Å². The summed E-state index contributed by atoms with van der Waals surface area (Å²) in [5.41, 5.74) is 0. The Morgan fingerprint density at radius 1 is 0.500 bits per heavy atom. The summed E-state index contributed by atoms with van der Waals surface area (Å²) in [5, 5.41) is 0. The van der Waals surface area contributed by atoms with Crippen LogP contribution in [0, 0.1) is 0 Å². The maximum Gasteiger partial charge on any atom is 2.00 e. The first-order chi connectivity index (χ1) is 4.00. The fraction of sp³-hybridized carbons (Fsp3) is 0. The standard InChI is InChI=1S/4As2H.Cd.Ge/c4*1-2;;/h4*1H;;/q4*-1;2*+2. The summed E-state index contributed by atoms with van der Waals surface area (Å²) in [6.07, 6.45) is 0. The first-order valence-electron chi connectivity index (χ1n) is 0.894. The van der Waals surface area contributed by atoms with E-state index in [0.717, 1.165) is 0 Å². The molecule has 0 saturated carbocycles. The van der Waals surface area contributed by atoms with Crippen LogP contribution in [0.5, 0.6) is 0 Å². The minimum absolute atomic E-state index is 0. The summed E-state index contributed by atoms with van der Waals surface area (Å²) >= 11 is 17.0. The molecule has 0 N–H and O–H groups in total. The average molecular weight is 788 g/mol. The van der Waals surface area contributed by atoms with Crippen molar-refractivity contribution in [3.05, 3.63) is 0 Å². The zero-order chi connectivity index (χ0) is 8.00. The first kappa shape index (κ1) is 36.0. The molecule has 2 radical (unpaired) electrons. The smallest absolute Gasteiger partial charge is 2.00 e. The third kappa shape index (κ3) is 66.2. The minimum Gasteiger partial charge on any atom is 2.00 e. The fourth-order valence-corrected chi connectivity index (χ4v) is 0. The van der Waals surface area contributed by atoms with E-state index in [2.05, 4.69) is 57.0 Å². The van der Waals surface area contributed by atoms with Crippen LogP contribution in [0.25, 0.3) is 0 Å². The van der Waals surface area contributed by atoms with Crippen LogP contribution >= 0.6 is 0 Å². The maximum absolute atomic E-state index is 2.31. The molecule has 0 rings (SSSR count). The monoisotopic (exact) mass is 791 g/mol. The molecule has 0 spiro atoms. The van der Waals surface area contributed by atoms with Gasteiger partial charge in [-0.25, -0.2) is 0 Å². The second-order valence-electron chi connectivity index (χ2n) is 0. The Labute approximate surface area is 155 Å². The van der Waals surface area contributed by atoms with Gasteiger partial charge in [-0.05, 0) is 0 Å². The Hall–Kier alpha value is 5.93. The van der Waals surface area contributed by atoms with Crippen LogP contribution in [0.1, 0.15) is 0 Å². The van der Waals surface area contributed by atoms with E-state index in [1.165, 1.54) is 0 Å². The van der Waals surface area contributed by atoms with Gasteiger partial charge in [0.25, 0.3) is 0 Å². The number of hydrogen-bond donors (Lipinski definition) is 0. The van der Waals surface area contributed by atoms with Gasteiger partial charge in [0.05, 0.1) is 0 Å². The van der Waals surface area contributed by atoms with Gasteiger partial charge in [-0.15, -0.1) is 0 Å². The average Bonchev–Trinajstić information content (AvgIpc) is 2.03. The van der Waals surface area contributed by atoms with E-state index in [4.69, 9.17) is 0 Å². The third-order valence-corrected chi connectivity index (χ3v) is 0. The first-order valence-corrected chi connectivity index (χ1v) is 24.1. The zero-order valence-electron chi connectivity index (χ0n) is 5.00. The Kier molecular flexibility index (Phi) is 297. The van der Waals surface area contributed by atoms with E-state index in [1.807, 2.05) is 57.0 Å². The summed E-state index contributed by atoms with van der Waals surface area (Å²) in [4.78, 5) is 0. The maximum atomic E-state index is 2.31. The van der Waals surface area contributed by atoms with E-state index < -0.39 is 0 Å². The van der Waals surface area contributed by atoms with E-state index in [0.29, 0.717) is 0 Å². The molecule has 0 aromatic rings. The van der Waals surface area contributed by atoms with E-state index in [-0.39, 0.29) is 44.9 Å². The van der Waals surface area contributed by atoms with Crippen LogP contribution in [0.15, 0.2) is 0 Å². The molecule has 10 heteroatoms. The van der Waals surface area contributed by atoms with Gasteiger partial charge in [0.1, 0.15) is 0 Å². The molecule has 0 saturated heterocycles. The van der Waals surface area contributed by atoms with E-state index >= 15 is 0 Å². The molecule has 0 atom stereocenters.